The molecule has 0 spiro atoms. The van der Waals surface area contributed by atoms with Gasteiger partial charge in [0.15, 0.2) is 0 Å². The molecule has 6 nitrogen and oxygen atoms in total. The van der Waals surface area contributed by atoms with E-state index in [0.717, 1.165) is 5.75 Å². The van der Waals surface area contributed by atoms with Crippen molar-refractivity contribution in [1.82, 2.24) is 9.88 Å². The minimum atomic E-state index is -0.969. The number of pyridine rings is 1. The molecule has 1 aromatic rings. The number of carbonyl (C=O) groups excluding carboxylic acids is 1. The lowest BCUT2D eigenvalue weighted by Gasteiger charge is -2.32. The van der Waals surface area contributed by atoms with Gasteiger partial charge in [0.05, 0.1) is 11.9 Å². The maximum absolute atomic E-state index is 12.0. The average molecular weight is 267 g/mol. The van der Waals surface area contributed by atoms with Crippen LogP contribution in [-0.4, -0.2) is 51.1 Å². The van der Waals surface area contributed by atoms with Gasteiger partial charge in [-0.1, -0.05) is 0 Å². The Morgan fingerprint density at radius 1 is 1.56 bits per heavy atom. The van der Waals surface area contributed by atoms with Gasteiger partial charge in [0, 0.05) is 24.2 Å². The van der Waals surface area contributed by atoms with Gasteiger partial charge in [-0.2, -0.15) is 11.8 Å². The number of carboxylic acid groups (broad SMARTS) is 1. The highest BCUT2D eigenvalue weighted by atomic mass is 32.2. The fourth-order valence-corrected chi connectivity index (χ4v) is 2.72. The predicted molar refractivity (Wildman–Crippen MR) is 68.7 cm³/mol. The van der Waals surface area contributed by atoms with Gasteiger partial charge in [0.1, 0.15) is 6.04 Å². The number of nitrogens with zero attached hydrogens (tertiary/aromatic N) is 2. The van der Waals surface area contributed by atoms with Crippen molar-refractivity contribution in [2.24, 2.45) is 0 Å². The van der Waals surface area contributed by atoms with E-state index in [9.17, 15) is 9.59 Å². The first kappa shape index (κ1) is 12.7. The summed E-state index contributed by atoms with van der Waals surface area (Å²) in [6.45, 7) is 0.438. The minimum Gasteiger partial charge on any atom is -0.480 e. The summed E-state index contributed by atoms with van der Waals surface area (Å²) in [4.78, 5) is 28.3. The summed E-state index contributed by atoms with van der Waals surface area (Å²) in [5.74, 6) is 0.212. The van der Waals surface area contributed by atoms with Crippen LogP contribution in [0.2, 0.25) is 0 Å². The topological polar surface area (TPSA) is 82.5 Å². The SMILES string of the molecule is O=C(O)C1CSCCN1C(=O)Nc1cccnc1. The number of aromatic nitrogens is 1. The van der Waals surface area contributed by atoms with Crippen molar-refractivity contribution in [1.29, 1.82) is 0 Å². The number of aliphatic carboxylic acids is 1. The smallest absolute Gasteiger partial charge is 0.327 e. The molecule has 7 heteroatoms. The second-order valence-electron chi connectivity index (χ2n) is 3.79. The number of amides is 2. The second-order valence-corrected chi connectivity index (χ2v) is 4.94. The molecule has 0 saturated carbocycles. The third-order valence-corrected chi connectivity index (χ3v) is 3.61. The number of nitrogens with one attached hydrogen (secondary N) is 1. The van der Waals surface area contributed by atoms with E-state index in [1.807, 2.05) is 0 Å². The van der Waals surface area contributed by atoms with E-state index in [1.54, 1.807) is 30.1 Å². The van der Waals surface area contributed by atoms with E-state index in [1.165, 1.54) is 11.1 Å². The van der Waals surface area contributed by atoms with Gasteiger partial charge in [0.25, 0.3) is 0 Å². The van der Waals surface area contributed by atoms with Gasteiger partial charge in [-0.05, 0) is 12.1 Å². The minimum absolute atomic E-state index is 0.393. The summed E-state index contributed by atoms with van der Waals surface area (Å²) < 4.78 is 0. The van der Waals surface area contributed by atoms with E-state index in [4.69, 9.17) is 5.11 Å². The number of carboxylic acids is 1. The molecule has 1 aromatic heterocycles. The van der Waals surface area contributed by atoms with Crippen molar-refractivity contribution in [3.8, 4) is 0 Å². The van der Waals surface area contributed by atoms with Gasteiger partial charge >= 0.3 is 12.0 Å². The van der Waals surface area contributed by atoms with Crippen molar-refractivity contribution in [3.63, 3.8) is 0 Å². The molecule has 2 rings (SSSR count). The van der Waals surface area contributed by atoms with Crippen LogP contribution in [0.25, 0.3) is 0 Å². The van der Waals surface area contributed by atoms with Crippen LogP contribution in [0.1, 0.15) is 0 Å². The molecule has 0 bridgehead atoms. The lowest BCUT2D eigenvalue weighted by Crippen LogP contribution is -2.51. The molecule has 2 amide bonds. The molecule has 96 valence electrons. The third kappa shape index (κ3) is 2.92. The predicted octanol–water partition coefficient (Wildman–Crippen LogP) is 1.12. The number of thioether (sulfide) groups is 1. The van der Waals surface area contributed by atoms with Gasteiger partial charge in [-0.15, -0.1) is 0 Å². The van der Waals surface area contributed by atoms with E-state index >= 15 is 0 Å². The van der Waals surface area contributed by atoms with Crippen LogP contribution in [0.4, 0.5) is 10.5 Å². The average Bonchev–Trinajstić information content (AvgIpc) is 2.40. The largest absolute Gasteiger partial charge is 0.480 e. The molecule has 2 N–H and O–H groups in total. The lowest BCUT2D eigenvalue weighted by molar-refractivity contribution is -0.141. The van der Waals surface area contributed by atoms with Crippen LogP contribution >= 0.6 is 11.8 Å². The van der Waals surface area contributed by atoms with E-state index in [2.05, 4.69) is 10.3 Å². The second kappa shape index (κ2) is 5.72. The number of hydrogen-bond acceptors (Lipinski definition) is 4. The summed E-state index contributed by atoms with van der Waals surface area (Å²) in [5.41, 5.74) is 0.560. The van der Waals surface area contributed by atoms with Crippen molar-refractivity contribution >= 4 is 29.4 Å². The van der Waals surface area contributed by atoms with Gasteiger partial charge in [-0.3, -0.25) is 4.98 Å². The van der Waals surface area contributed by atoms with Crippen LogP contribution in [0.15, 0.2) is 24.5 Å². The van der Waals surface area contributed by atoms with Crippen LogP contribution in [-0.2, 0) is 4.79 Å². The van der Waals surface area contributed by atoms with Crippen molar-refractivity contribution in [2.75, 3.05) is 23.4 Å². The molecule has 2 heterocycles. The third-order valence-electron chi connectivity index (χ3n) is 2.59. The quantitative estimate of drug-likeness (QED) is 0.839. The van der Waals surface area contributed by atoms with Gasteiger partial charge < -0.3 is 15.3 Å². The number of carbonyl (C=O) groups is 2. The number of urea groups is 1. The maximum atomic E-state index is 12.0. The summed E-state index contributed by atoms with van der Waals surface area (Å²) in [7, 11) is 0. The maximum Gasteiger partial charge on any atom is 0.327 e. The molecular formula is C11H13N3O3S. The summed E-state index contributed by atoms with van der Waals surface area (Å²) in [6, 6.07) is 2.26. The molecule has 0 aliphatic carbocycles. The molecule has 1 unspecified atom stereocenters. The Hall–Kier alpha value is -1.76. The van der Waals surface area contributed by atoms with E-state index in [0.29, 0.717) is 18.0 Å². The van der Waals surface area contributed by atoms with Crippen molar-refractivity contribution in [2.45, 2.75) is 6.04 Å². The Bertz CT molecular complexity index is 440. The van der Waals surface area contributed by atoms with Crippen LogP contribution in [0, 0.1) is 0 Å². The lowest BCUT2D eigenvalue weighted by atomic mass is 10.3. The Balaban J connectivity index is 2.05. The standard InChI is InChI=1S/C11H13N3O3S/c15-10(16)9-7-18-5-4-14(9)11(17)13-8-2-1-3-12-6-8/h1-3,6,9H,4-5,7H2,(H,13,17)(H,15,16). The highest BCUT2D eigenvalue weighted by Crippen LogP contribution is 2.18. The molecule has 1 atom stereocenters. The van der Waals surface area contributed by atoms with Crippen molar-refractivity contribution < 1.29 is 14.7 Å². The molecule has 1 fully saturated rings. The van der Waals surface area contributed by atoms with Gasteiger partial charge in [0.2, 0.25) is 0 Å². The first-order valence-corrected chi connectivity index (χ1v) is 6.62. The Kier molecular flexibility index (Phi) is 4.03. The zero-order chi connectivity index (χ0) is 13.0. The number of hydrogen-bond donors (Lipinski definition) is 2. The van der Waals surface area contributed by atoms with Crippen LogP contribution in [0.5, 0.6) is 0 Å². The monoisotopic (exact) mass is 267 g/mol. The fraction of sp³-hybridized carbons (Fsp3) is 0.364. The molecule has 0 radical (unpaired) electrons. The van der Waals surface area contributed by atoms with Crippen molar-refractivity contribution in [3.05, 3.63) is 24.5 Å². The molecule has 0 aromatic carbocycles. The summed E-state index contributed by atoms with van der Waals surface area (Å²) >= 11 is 1.54. The summed E-state index contributed by atoms with van der Waals surface area (Å²) in [6.07, 6.45) is 3.12. The first-order chi connectivity index (χ1) is 8.68. The van der Waals surface area contributed by atoms with Crippen LogP contribution in [0.3, 0.4) is 0 Å². The van der Waals surface area contributed by atoms with E-state index < -0.39 is 18.0 Å². The zero-order valence-corrected chi connectivity index (χ0v) is 10.4. The molecule has 18 heavy (non-hydrogen) atoms. The van der Waals surface area contributed by atoms with Crippen LogP contribution < -0.4 is 5.32 Å². The zero-order valence-electron chi connectivity index (χ0n) is 9.57. The molecular weight excluding hydrogens is 254 g/mol. The number of rotatable bonds is 2. The van der Waals surface area contributed by atoms with E-state index in [-0.39, 0.29) is 0 Å². The highest BCUT2D eigenvalue weighted by Gasteiger charge is 2.32. The first-order valence-electron chi connectivity index (χ1n) is 5.46. The normalized spacial score (nSPS) is 19.3. The molecule has 1 aliphatic rings. The molecule has 1 aliphatic heterocycles. The summed E-state index contributed by atoms with van der Waals surface area (Å²) in [5, 5.41) is 11.7. The highest BCUT2D eigenvalue weighted by molar-refractivity contribution is 7.99. The Morgan fingerprint density at radius 2 is 2.39 bits per heavy atom. The Labute approximate surface area is 108 Å². The fourth-order valence-electron chi connectivity index (χ4n) is 1.68. The Morgan fingerprint density at radius 3 is 3.06 bits per heavy atom. The number of anilines is 1. The van der Waals surface area contributed by atoms with Gasteiger partial charge in [-0.25, -0.2) is 9.59 Å². The molecule has 1 saturated heterocycles.